The zero-order valence-electron chi connectivity index (χ0n) is 13.5. The molecule has 136 valence electrons. The van der Waals surface area contributed by atoms with E-state index in [-0.39, 0.29) is 16.5 Å². The van der Waals surface area contributed by atoms with E-state index in [1.54, 1.807) is 18.2 Å². The topological polar surface area (TPSA) is 117 Å². The molecule has 0 atom stereocenters. The quantitative estimate of drug-likeness (QED) is 0.524. The molecular weight excluding hydrogens is 382 g/mol. The number of fused-ring (bicyclic) bond motifs is 1. The number of nitrogens with zero attached hydrogens (tertiary/aromatic N) is 2. The standard InChI is InChI=1S/C16H14ClN3O5S/c1-25-15-4-2-3-12-10(8-18)9-19(16(12)15)26(23,24)11-5-6-13(17)14(7-11)20(21)22/h2-7,9H,8,18H2,1H3. The molecule has 0 saturated heterocycles. The molecule has 1 heterocycles. The van der Waals surface area contributed by atoms with Crippen LogP contribution in [0.25, 0.3) is 10.9 Å². The van der Waals surface area contributed by atoms with Gasteiger partial charge in [-0.15, -0.1) is 0 Å². The van der Waals surface area contributed by atoms with Gasteiger partial charge in [-0.1, -0.05) is 23.7 Å². The molecule has 0 radical (unpaired) electrons. The van der Waals surface area contributed by atoms with E-state index in [4.69, 9.17) is 22.1 Å². The van der Waals surface area contributed by atoms with Gasteiger partial charge in [-0.3, -0.25) is 10.1 Å². The third-order valence-electron chi connectivity index (χ3n) is 3.95. The molecule has 26 heavy (non-hydrogen) atoms. The van der Waals surface area contributed by atoms with Crippen LogP contribution in [-0.4, -0.2) is 24.4 Å². The minimum atomic E-state index is -4.14. The van der Waals surface area contributed by atoms with Crippen LogP contribution < -0.4 is 10.5 Å². The van der Waals surface area contributed by atoms with E-state index in [1.165, 1.54) is 25.4 Å². The molecule has 0 unspecified atom stereocenters. The first-order chi connectivity index (χ1) is 12.3. The number of hydrogen-bond donors (Lipinski definition) is 1. The fourth-order valence-corrected chi connectivity index (χ4v) is 4.32. The van der Waals surface area contributed by atoms with Crippen molar-refractivity contribution in [1.29, 1.82) is 0 Å². The van der Waals surface area contributed by atoms with Crippen LogP contribution in [0.1, 0.15) is 5.56 Å². The minimum Gasteiger partial charge on any atom is -0.495 e. The van der Waals surface area contributed by atoms with E-state index in [0.29, 0.717) is 22.2 Å². The second-order valence-corrected chi connectivity index (χ2v) is 7.61. The van der Waals surface area contributed by atoms with Crippen molar-refractivity contribution in [2.45, 2.75) is 11.4 Å². The van der Waals surface area contributed by atoms with E-state index < -0.39 is 20.6 Å². The van der Waals surface area contributed by atoms with Crippen molar-refractivity contribution >= 4 is 38.2 Å². The third-order valence-corrected chi connectivity index (χ3v) is 5.92. The summed E-state index contributed by atoms with van der Waals surface area (Å²) < 4.78 is 32.6. The normalized spacial score (nSPS) is 11.7. The van der Waals surface area contributed by atoms with Crippen LogP contribution in [0.15, 0.2) is 47.5 Å². The molecule has 3 aromatic rings. The first-order valence-corrected chi connectivity index (χ1v) is 9.19. The average molecular weight is 396 g/mol. The molecule has 0 saturated carbocycles. The maximum Gasteiger partial charge on any atom is 0.289 e. The molecule has 2 aromatic carbocycles. The molecule has 0 aliphatic rings. The second-order valence-electron chi connectivity index (χ2n) is 5.39. The lowest BCUT2D eigenvalue weighted by Crippen LogP contribution is -2.13. The van der Waals surface area contributed by atoms with E-state index in [9.17, 15) is 18.5 Å². The zero-order valence-corrected chi connectivity index (χ0v) is 15.1. The van der Waals surface area contributed by atoms with Gasteiger partial charge in [0.25, 0.3) is 15.7 Å². The molecule has 1 aromatic heterocycles. The van der Waals surface area contributed by atoms with Gasteiger partial charge in [-0.2, -0.15) is 0 Å². The first kappa shape index (κ1) is 18.2. The summed E-state index contributed by atoms with van der Waals surface area (Å²) in [6.45, 7) is 0.118. The van der Waals surface area contributed by atoms with E-state index in [0.717, 1.165) is 10.0 Å². The Morgan fingerprint density at radius 3 is 2.65 bits per heavy atom. The highest BCUT2D eigenvalue weighted by molar-refractivity contribution is 7.90. The van der Waals surface area contributed by atoms with Gasteiger partial charge in [0.05, 0.1) is 16.9 Å². The van der Waals surface area contributed by atoms with Crippen molar-refractivity contribution in [1.82, 2.24) is 3.97 Å². The second kappa shape index (κ2) is 6.60. The summed E-state index contributed by atoms with van der Waals surface area (Å²) in [6.07, 6.45) is 1.39. The summed E-state index contributed by atoms with van der Waals surface area (Å²) in [5, 5.41) is 11.6. The van der Waals surface area contributed by atoms with E-state index >= 15 is 0 Å². The van der Waals surface area contributed by atoms with Crippen LogP contribution in [-0.2, 0) is 16.6 Å². The van der Waals surface area contributed by atoms with Gasteiger partial charge in [-0.25, -0.2) is 12.4 Å². The van der Waals surface area contributed by atoms with Gasteiger partial charge in [0.2, 0.25) is 0 Å². The number of halogens is 1. The highest BCUT2D eigenvalue weighted by Gasteiger charge is 2.26. The number of nitro benzene ring substituents is 1. The van der Waals surface area contributed by atoms with Crippen LogP contribution in [0.2, 0.25) is 5.02 Å². The number of ether oxygens (including phenoxy) is 1. The first-order valence-electron chi connectivity index (χ1n) is 7.37. The largest absolute Gasteiger partial charge is 0.495 e. The molecule has 0 aliphatic heterocycles. The predicted molar refractivity (Wildman–Crippen MR) is 97.1 cm³/mol. The number of nitro groups is 1. The number of hydrogen-bond acceptors (Lipinski definition) is 6. The molecule has 0 aliphatic carbocycles. The maximum atomic E-state index is 13.1. The Morgan fingerprint density at radius 1 is 1.31 bits per heavy atom. The van der Waals surface area contributed by atoms with Crippen LogP contribution in [0, 0.1) is 10.1 Å². The Labute approximate surface area is 153 Å². The molecule has 2 N–H and O–H groups in total. The summed E-state index contributed by atoms with van der Waals surface area (Å²) in [6, 6.07) is 8.41. The van der Waals surface area contributed by atoms with Gasteiger partial charge in [0.15, 0.2) is 0 Å². The minimum absolute atomic E-state index is 0.118. The SMILES string of the molecule is COc1cccc2c(CN)cn(S(=O)(=O)c3ccc(Cl)c([N+](=O)[O-])c3)c12. The average Bonchev–Trinajstić information content (AvgIpc) is 3.01. The van der Waals surface area contributed by atoms with Gasteiger partial charge < -0.3 is 10.5 Å². The number of nitrogens with two attached hydrogens (primary N) is 1. The molecule has 8 nitrogen and oxygen atoms in total. The summed E-state index contributed by atoms with van der Waals surface area (Å²) in [5.41, 5.74) is 6.16. The monoisotopic (exact) mass is 395 g/mol. The van der Waals surface area contributed by atoms with Crippen molar-refractivity contribution in [2.75, 3.05) is 7.11 Å². The van der Waals surface area contributed by atoms with Gasteiger partial charge in [-0.05, 0) is 23.8 Å². The van der Waals surface area contributed by atoms with Gasteiger partial charge in [0, 0.05) is 24.2 Å². The molecule has 3 rings (SSSR count). The molecule has 0 spiro atoms. The number of para-hydroxylation sites is 1. The van der Waals surface area contributed by atoms with Crippen LogP contribution in [0.3, 0.4) is 0 Å². The van der Waals surface area contributed by atoms with Crippen LogP contribution >= 0.6 is 11.6 Å². The molecule has 0 bridgehead atoms. The van der Waals surface area contributed by atoms with Crippen molar-refractivity contribution in [3.8, 4) is 5.75 Å². The van der Waals surface area contributed by atoms with Crippen LogP contribution in [0.5, 0.6) is 5.75 Å². The van der Waals surface area contributed by atoms with Crippen molar-refractivity contribution in [3.05, 3.63) is 63.3 Å². The number of aromatic nitrogens is 1. The summed E-state index contributed by atoms with van der Waals surface area (Å²) in [4.78, 5) is 10.1. The Hall–Kier alpha value is -2.62. The number of rotatable bonds is 5. The molecular formula is C16H14ClN3O5S. The highest BCUT2D eigenvalue weighted by Crippen LogP contribution is 2.34. The third kappa shape index (κ3) is 2.79. The van der Waals surface area contributed by atoms with Gasteiger partial charge >= 0.3 is 0 Å². The smallest absolute Gasteiger partial charge is 0.289 e. The Morgan fingerprint density at radius 2 is 2.04 bits per heavy atom. The van der Waals surface area contributed by atoms with Crippen molar-refractivity contribution < 1.29 is 18.1 Å². The summed E-state index contributed by atoms with van der Waals surface area (Å²) in [7, 11) is -2.72. The lowest BCUT2D eigenvalue weighted by molar-refractivity contribution is -0.384. The number of benzene rings is 2. The van der Waals surface area contributed by atoms with Crippen LogP contribution in [0.4, 0.5) is 5.69 Å². The Balaban J connectivity index is 2.32. The summed E-state index contributed by atoms with van der Waals surface area (Å²) >= 11 is 5.78. The zero-order chi connectivity index (χ0) is 19.1. The lowest BCUT2D eigenvalue weighted by atomic mass is 10.1. The lowest BCUT2D eigenvalue weighted by Gasteiger charge is -2.10. The highest BCUT2D eigenvalue weighted by atomic mass is 35.5. The summed E-state index contributed by atoms with van der Waals surface area (Å²) in [5.74, 6) is 0.342. The Bertz CT molecular complexity index is 1120. The molecule has 10 heteroatoms. The fraction of sp³-hybridized carbons (Fsp3) is 0.125. The number of methoxy groups -OCH3 is 1. The maximum absolute atomic E-state index is 13.1. The van der Waals surface area contributed by atoms with E-state index in [2.05, 4.69) is 0 Å². The van der Waals surface area contributed by atoms with E-state index in [1.807, 2.05) is 0 Å². The van der Waals surface area contributed by atoms with Gasteiger partial charge in [0.1, 0.15) is 16.3 Å². The van der Waals surface area contributed by atoms with Crippen molar-refractivity contribution in [2.24, 2.45) is 5.73 Å². The van der Waals surface area contributed by atoms with Crippen molar-refractivity contribution in [3.63, 3.8) is 0 Å². The fourth-order valence-electron chi connectivity index (χ4n) is 2.71. The molecule has 0 fully saturated rings. The Kier molecular flexibility index (Phi) is 4.61. The molecule has 0 amide bonds. The predicted octanol–water partition coefficient (Wildman–Crippen LogP) is 2.91.